The molecule has 1 atom stereocenters. The molecule has 2 amide bonds. The van der Waals surface area contributed by atoms with Crippen LogP contribution in [-0.4, -0.2) is 12.1 Å². The second kappa shape index (κ2) is 4.60. The van der Waals surface area contributed by atoms with E-state index in [1.54, 1.807) is 6.07 Å². The summed E-state index contributed by atoms with van der Waals surface area (Å²) in [6.07, 6.45) is 0.570. The number of carbonyl (C=O) groups is 1. The number of benzene rings is 1. The van der Waals surface area contributed by atoms with Gasteiger partial charge in [0.25, 0.3) is 0 Å². The van der Waals surface area contributed by atoms with Crippen molar-refractivity contribution in [3.63, 3.8) is 0 Å². The van der Waals surface area contributed by atoms with E-state index in [0.717, 1.165) is 5.56 Å². The molecular weight excluding hydrogens is 183 g/mol. The van der Waals surface area contributed by atoms with Crippen LogP contribution < -0.4 is 11.1 Å². The quantitative estimate of drug-likeness (QED) is 0.754. The van der Waals surface area contributed by atoms with Crippen LogP contribution in [0.5, 0.6) is 0 Å². The maximum atomic E-state index is 12.8. The standard InChI is InChI=1S/C10H13FN2O/c1-7(13-10(12)14)5-8-3-2-4-9(11)6-8/h2-4,6-7H,5H2,1H3,(H3,12,13,14). The molecule has 1 rings (SSSR count). The Hall–Kier alpha value is -1.58. The monoisotopic (exact) mass is 196 g/mol. The zero-order valence-electron chi connectivity index (χ0n) is 7.96. The zero-order valence-corrected chi connectivity index (χ0v) is 7.96. The molecule has 0 heterocycles. The molecule has 4 heteroatoms. The Balaban J connectivity index is 2.55. The van der Waals surface area contributed by atoms with Gasteiger partial charge in [0, 0.05) is 6.04 Å². The summed E-state index contributed by atoms with van der Waals surface area (Å²) < 4.78 is 12.8. The summed E-state index contributed by atoms with van der Waals surface area (Å²) in [6.45, 7) is 1.82. The Morgan fingerprint density at radius 2 is 2.36 bits per heavy atom. The lowest BCUT2D eigenvalue weighted by Crippen LogP contribution is -2.37. The lowest BCUT2D eigenvalue weighted by molar-refractivity contribution is 0.246. The summed E-state index contributed by atoms with van der Waals surface area (Å²) in [5.74, 6) is -0.270. The van der Waals surface area contributed by atoms with Gasteiger partial charge in [-0.25, -0.2) is 9.18 Å². The van der Waals surface area contributed by atoms with E-state index in [2.05, 4.69) is 5.32 Å². The van der Waals surface area contributed by atoms with Gasteiger partial charge in [-0.15, -0.1) is 0 Å². The van der Waals surface area contributed by atoms with Crippen LogP contribution >= 0.6 is 0 Å². The number of rotatable bonds is 3. The lowest BCUT2D eigenvalue weighted by Gasteiger charge is -2.11. The summed E-state index contributed by atoms with van der Waals surface area (Å²) in [5, 5.41) is 2.53. The number of nitrogens with one attached hydrogen (secondary N) is 1. The molecule has 0 aromatic heterocycles. The van der Waals surface area contributed by atoms with E-state index in [-0.39, 0.29) is 11.9 Å². The van der Waals surface area contributed by atoms with Crippen LogP contribution in [0.4, 0.5) is 9.18 Å². The van der Waals surface area contributed by atoms with Crippen molar-refractivity contribution >= 4 is 6.03 Å². The second-order valence-corrected chi connectivity index (χ2v) is 3.24. The summed E-state index contributed by atoms with van der Waals surface area (Å²) in [7, 11) is 0. The number of amides is 2. The molecule has 0 spiro atoms. The first-order valence-corrected chi connectivity index (χ1v) is 4.38. The second-order valence-electron chi connectivity index (χ2n) is 3.24. The predicted molar refractivity (Wildman–Crippen MR) is 52.3 cm³/mol. The highest BCUT2D eigenvalue weighted by Gasteiger charge is 2.05. The molecule has 1 aromatic rings. The van der Waals surface area contributed by atoms with Crippen LogP contribution in [0, 0.1) is 5.82 Å². The highest BCUT2D eigenvalue weighted by molar-refractivity contribution is 5.71. The molecule has 14 heavy (non-hydrogen) atoms. The van der Waals surface area contributed by atoms with Crippen molar-refractivity contribution in [2.75, 3.05) is 0 Å². The average molecular weight is 196 g/mol. The minimum absolute atomic E-state index is 0.0886. The fourth-order valence-electron chi connectivity index (χ4n) is 1.31. The minimum Gasteiger partial charge on any atom is -0.352 e. The van der Waals surface area contributed by atoms with Crippen molar-refractivity contribution in [3.8, 4) is 0 Å². The van der Waals surface area contributed by atoms with Gasteiger partial charge in [-0.2, -0.15) is 0 Å². The van der Waals surface area contributed by atoms with Gasteiger partial charge in [0.15, 0.2) is 0 Å². The van der Waals surface area contributed by atoms with Gasteiger partial charge in [0.05, 0.1) is 0 Å². The fraction of sp³-hybridized carbons (Fsp3) is 0.300. The lowest BCUT2D eigenvalue weighted by atomic mass is 10.1. The molecule has 0 saturated heterocycles. The summed E-state index contributed by atoms with van der Waals surface area (Å²) >= 11 is 0. The Morgan fingerprint density at radius 1 is 1.64 bits per heavy atom. The van der Waals surface area contributed by atoms with Gasteiger partial charge in [0.2, 0.25) is 0 Å². The van der Waals surface area contributed by atoms with Crippen LogP contribution in [-0.2, 0) is 6.42 Å². The van der Waals surface area contributed by atoms with E-state index < -0.39 is 6.03 Å². The molecule has 76 valence electrons. The third-order valence-electron chi connectivity index (χ3n) is 1.82. The highest BCUT2D eigenvalue weighted by Crippen LogP contribution is 2.06. The molecule has 3 N–H and O–H groups in total. The molecule has 3 nitrogen and oxygen atoms in total. The van der Waals surface area contributed by atoms with E-state index in [1.807, 2.05) is 13.0 Å². The van der Waals surface area contributed by atoms with Crippen molar-refractivity contribution in [2.24, 2.45) is 5.73 Å². The average Bonchev–Trinajstić information content (AvgIpc) is 2.01. The number of halogens is 1. The smallest absolute Gasteiger partial charge is 0.312 e. The SMILES string of the molecule is CC(Cc1cccc(F)c1)NC(N)=O. The molecule has 0 aliphatic rings. The molecular formula is C10H13FN2O. The third kappa shape index (κ3) is 3.43. The molecule has 0 fully saturated rings. The Labute approximate surface area is 82.1 Å². The summed E-state index contributed by atoms with van der Waals surface area (Å²) in [5.41, 5.74) is 5.79. The summed E-state index contributed by atoms with van der Waals surface area (Å²) in [4.78, 5) is 10.5. The Bertz CT molecular complexity index is 328. The molecule has 0 bridgehead atoms. The molecule has 0 aliphatic carbocycles. The Morgan fingerprint density at radius 3 is 2.93 bits per heavy atom. The molecule has 0 radical (unpaired) electrons. The minimum atomic E-state index is -0.561. The number of primary amides is 1. The van der Waals surface area contributed by atoms with Crippen molar-refractivity contribution in [3.05, 3.63) is 35.6 Å². The largest absolute Gasteiger partial charge is 0.352 e. The number of carbonyl (C=O) groups excluding carboxylic acids is 1. The van der Waals surface area contributed by atoms with Crippen LogP contribution in [0.15, 0.2) is 24.3 Å². The van der Waals surface area contributed by atoms with E-state index in [0.29, 0.717) is 6.42 Å². The van der Waals surface area contributed by atoms with E-state index >= 15 is 0 Å². The van der Waals surface area contributed by atoms with Gasteiger partial charge in [-0.05, 0) is 31.0 Å². The molecule has 0 aliphatic heterocycles. The van der Waals surface area contributed by atoms with Gasteiger partial charge in [-0.1, -0.05) is 12.1 Å². The Kier molecular flexibility index (Phi) is 3.45. The van der Waals surface area contributed by atoms with Crippen molar-refractivity contribution in [1.82, 2.24) is 5.32 Å². The molecule has 1 aromatic carbocycles. The third-order valence-corrected chi connectivity index (χ3v) is 1.82. The maximum absolute atomic E-state index is 12.8. The molecule has 0 saturated carbocycles. The van der Waals surface area contributed by atoms with Crippen molar-refractivity contribution in [1.29, 1.82) is 0 Å². The van der Waals surface area contributed by atoms with Gasteiger partial charge < -0.3 is 11.1 Å². The van der Waals surface area contributed by atoms with Crippen LogP contribution in [0.3, 0.4) is 0 Å². The number of nitrogens with two attached hydrogens (primary N) is 1. The van der Waals surface area contributed by atoms with Crippen LogP contribution in [0.2, 0.25) is 0 Å². The number of hydrogen-bond acceptors (Lipinski definition) is 1. The topological polar surface area (TPSA) is 55.1 Å². The van der Waals surface area contributed by atoms with Gasteiger partial charge in [-0.3, -0.25) is 0 Å². The maximum Gasteiger partial charge on any atom is 0.312 e. The van der Waals surface area contributed by atoms with Crippen molar-refractivity contribution in [2.45, 2.75) is 19.4 Å². The van der Waals surface area contributed by atoms with Gasteiger partial charge >= 0.3 is 6.03 Å². The fourth-order valence-corrected chi connectivity index (χ4v) is 1.31. The highest BCUT2D eigenvalue weighted by atomic mass is 19.1. The van der Waals surface area contributed by atoms with E-state index in [4.69, 9.17) is 5.73 Å². The van der Waals surface area contributed by atoms with E-state index in [9.17, 15) is 9.18 Å². The predicted octanol–water partition coefficient (Wildman–Crippen LogP) is 1.43. The first-order chi connectivity index (χ1) is 6.58. The zero-order chi connectivity index (χ0) is 10.6. The van der Waals surface area contributed by atoms with Crippen LogP contribution in [0.25, 0.3) is 0 Å². The first kappa shape index (κ1) is 10.5. The van der Waals surface area contributed by atoms with E-state index in [1.165, 1.54) is 12.1 Å². The van der Waals surface area contributed by atoms with Gasteiger partial charge in [0.1, 0.15) is 5.82 Å². The number of urea groups is 1. The normalized spacial score (nSPS) is 12.1. The number of hydrogen-bond donors (Lipinski definition) is 2. The van der Waals surface area contributed by atoms with Crippen LogP contribution in [0.1, 0.15) is 12.5 Å². The first-order valence-electron chi connectivity index (χ1n) is 4.38. The summed E-state index contributed by atoms with van der Waals surface area (Å²) in [6, 6.07) is 5.63. The van der Waals surface area contributed by atoms with Crippen molar-refractivity contribution < 1.29 is 9.18 Å². The molecule has 1 unspecified atom stereocenters.